The fourth-order valence-electron chi connectivity index (χ4n) is 2.50. The lowest BCUT2D eigenvalue weighted by Gasteiger charge is -2.15. The van der Waals surface area contributed by atoms with Crippen molar-refractivity contribution >= 4 is 21.4 Å². The van der Waals surface area contributed by atoms with Gasteiger partial charge in [0.1, 0.15) is 11.5 Å². The number of benzene rings is 2. The molecule has 128 valence electrons. The van der Waals surface area contributed by atoms with E-state index >= 15 is 0 Å². The summed E-state index contributed by atoms with van der Waals surface area (Å²) in [6.07, 6.45) is 2.54. The molecule has 0 aliphatic carbocycles. The van der Waals surface area contributed by atoms with E-state index in [0.717, 1.165) is 11.8 Å². The SMILES string of the molecule is CS(=O)(=O)c1c(OCc2ccccc2)ncc(Cl)c1-c1ccccc1. The van der Waals surface area contributed by atoms with E-state index in [1.807, 2.05) is 48.5 Å². The van der Waals surface area contributed by atoms with Crippen LogP contribution in [0.2, 0.25) is 5.02 Å². The van der Waals surface area contributed by atoms with Crippen molar-refractivity contribution in [1.29, 1.82) is 0 Å². The van der Waals surface area contributed by atoms with Crippen LogP contribution in [0.1, 0.15) is 5.56 Å². The van der Waals surface area contributed by atoms with E-state index in [2.05, 4.69) is 4.98 Å². The molecule has 0 amide bonds. The van der Waals surface area contributed by atoms with Crippen LogP contribution < -0.4 is 4.74 Å². The maximum Gasteiger partial charge on any atom is 0.233 e. The third-order valence-corrected chi connectivity index (χ3v) is 5.01. The Hall–Kier alpha value is -2.37. The Morgan fingerprint density at radius 3 is 2.20 bits per heavy atom. The average molecular weight is 374 g/mol. The van der Waals surface area contributed by atoms with Crippen LogP contribution in [-0.4, -0.2) is 19.7 Å². The van der Waals surface area contributed by atoms with Gasteiger partial charge in [-0.1, -0.05) is 72.3 Å². The summed E-state index contributed by atoms with van der Waals surface area (Å²) in [4.78, 5) is 4.11. The molecule has 0 unspecified atom stereocenters. The largest absolute Gasteiger partial charge is 0.472 e. The summed E-state index contributed by atoms with van der Waals surface area (Å²) in [6.45, 7) is 0.215. The number of sulfone groups is 1. The molecule has 0 saturated heterocycles. The predicted molar refractivity (Wildman–Crippen MR) is 98.6 cm³/mol. The first-order valence-electron chi connectivity index (χ1n) is 7.57. The van der Waals surface area contributed by atoms with Crippen molar-refractivity contribution in [3.05, 3.63) is 77.4 Å². The molecule has 4 nitrogen and oxygen atoms in total. The van der Waals surface area contributed by atoms with Crippen LogP contribution in [0.4, 0.5) is 0 Å². The van der Waals surface area contributed by atoms with Gasteiger partial charge in [-0.25, -0.2) is 13.4 Å². The van der Waals surface area contributed by atoms with Gasteiger partial charge in [0, 0.05) is 11.8 Å². The highest BCUT2D eigenvalue weighted by Gasteiger charge is 2.24. The van der Waals surface area contributed by atoms with E-state index in [-0.39, 0.29) is 22.4 Å². The zero-order valence-corrected chi connectivity index (χ0v) is 15.1. The highest BCUT2D eigenvalue weighted by atomic mass is 35.5. The number of pyridine rings is 1. The fourth-order valence-corrected chi connectivity index (χ4v) is 3.84. The van der Waals surface area contributed by atoms with Crippen molar-refractivity contribution in [3.8, 4) is 17.0 Å². The van der Waals surface area contributed by atoms with Crippen molar-refractivity contribution in [3.63, 3.8) is 0 Å². The first-order chi connectivity index (χ1) is 12.0. The molecule has 1 aromatic heterocycles. The number of aromatic nitrogens is 1. The molecule has 0 spiro atoms. The van der Waals surface area contributed by atoms with Crippen molar-refractivity contribution in [2.24, 2.45) is 0 Å². The minimum absolute atomic E-state index is 0.00197. The second kappa shape index (κ2) is 7.25. The number of hydrogen-bond donors (Lipinski definition) is 0. The highest BCUT2D eigenvalue weighted by Crippen LogP contribution is 2.38. The van der Waals surface area contributed by atoms with Gasteiger partial charge in [-0.3, -0.25) is 0 Å². The van der Waals surface area contributed by atoms with E-state index in [0.29, 0.717) is 11.1 Å². The summed E-state index contributed by atoms with van der Waals surface area (Å²) < 4.78 is 30.6. The van der Waals surface area contributed by atoms with E-state index < -0.39 is 9.84 Å². The molecule has 6 heteroatoms. The van der Waals surface area contributed by atoms with Gasteiger partial charge in [0.15, 0.2) is 9.84 Å². The fraction of sp³-hybridized carbons (Fsp3) is 0.105. The molecule has 25 heavy (non-hydrogen) atoms. The Bertz CT molecular complexity index is 974. The van der Waals surface area contributed by atoms with Crippen molar-refractivity contribution in [1.82, 2.24) is 4.98 Å². The predicted octanol–water partition coefficient (Wildman–Crippen LogP) is 4.38. The molecular formula is C19H16ClNO3S. The molecule has 3 aromatic rings. The van der Waals surface area contributed by atoms with Crippen LogP contribution in [0.5, 0.6) is 5.88 Å². The molecule has 0 saturated carbocycles. The smallest absolute Gasteiger partial charge is 0.233 e. The van der Waals surface area contributed by atoms with Gasteiger partial charge in [0.05, 0.1) is 11.2 Å². The summed E-state index contributed by atoms with van der Waals surface area (Å²) in [7, 11) is -3.61. The van der Waals surface area contributed by atoms with Crippen LogP contribution in [0.15, 0.2) is 71.8 Å². The first kappa shape index (κ1) is 17.5. The summed E-state index contributed by atoms with van der Waals surface area (Å²) in [5.41, 5.74) is 2.02. The van der Waals surface area contributed by atoms with Crippen molar-refractivity contribution in [2.45, 2.75) is 11.5 Å². The minimum atomic E-state index is -3.61. The molecular weight excluding hydrogens is 358 g/mol. The van der Waals surface area contributed by atoms with Crippen LogP contribution in [0, 0.1) is 0 Å². The Kier molecular flexibility index (Phi) is 5.06. The van der Waals surface area contributed by atoms with Crippen LogP contribution in [-0.2, 0) is 16.4 Å². The molecule has 1 heterocycles. The van der Waals surface area contributed by atoms with Gasteiger partial charge < -0.3 is 4.74 Å². The molecule has 0 aliphatic rings. The number of halogens is 1. The number of nitrogens with zero attached hydrogens (tertiary/aromatic N) is 1. The maximum absolute atomic E-state index is 12.4. The normalized spacial score (nSPS) is 11.3. The number of ether oxygens (including phenoxy) is 1. The third-order valence-electron chi connectivity index (χ3n) is 3.61. The number of rotatable bonds is 5. The van der Waals surface area contributed by atoms with Gasteiger partial charge in [-0.05, 0) is 11.1 Å². The van der Waals surface area contributed by atoms with Gasteiger partial charge >= 0.3 is 0 Å². The lowest BCUT2D eigenvalue weighted by Crippen LogP contribution is -2.07. The Morgan fingerprint density at radius 2 is 1.60 bits per heavy atom. The summed E-state index contributed by atoms with van der Waals surface area (Å²) in [5, 5.41) is 0.263. The molecule has 0 atom stereocenters. The standard InChI is InChI=1S/C19H16ClNO3S/c1-25(22,23)18-17(15-10-6-3-7-11-15)16(20)12-21-19(18)24-13-14-8-4-2-5-9-14/h2-12H,13H2,1H3. The molecule has 0 N–H and O–H groups in total. The maximum atomic E-state index is 12.4. The van der Waals surface area contributed by atoms with Crippen LogP contribution >= 0.6 is 11.6 Å². The second-order valence-electron chi connectivity index (χ2n) is 5.53. The van der Waals surface area contributed by atoms with Gasteiger partial charge in [-0.15, -0.1) is 0 Å². The zero-order valence-electron chi connectivity index (χ0n) is 13.5. The molecule has 2 aromatic carbocycles. The van der Waals surface area contributed by atoms with Crippen LogP contribution in [0.3, 0.4) is 0 Å². The summed E-state index contributed by atoms with van der Waals surface area (Å²) in [6, 6.07) is 18.6. The minimum Gasteiger partial charge on any atom is -0.472 e. The molecule has 0 bridgehead atoms. The Labute approximate surface area is 152 Å². The lowest BCUT2D eigenvalue weighted by molar-refractivity contribution is 0.285. The first-order valence-corrected chi connectivity index (χ1v) is 9.84. The van der Waals surface area contributed by atoms with E-state index in [9.17, 15) is 8.42 Å². The van der Waals surface area contributed by atoms with Gasteiger partial charge in [-0.2, -0.15) is 0 Å². The van der Waals surface area contributed by atoms with Gasteiger partial charge in [0.25, 0.3) is 0 Å². The number of hydrogen-bond acceptors (Lipinski definition) is 4. The van der Waals surface area contributed by atoms with E-state index in [1.165, 1.54) is 6.20 Å². The van der Waals surface area contributed by atoms with Crippen LogP contribution in [0.25, 0.3) is 11.1 Å². The van der Waals surface area contributed by atoms with E-state index in [1.54, 1.807) is 12.1 Å². The zero-order chi connectivity index (χ0) is 17.9. The molecule has 3 rings (SSSR count). The monoisotopic (exact) mass is 373 g/mol. The van der Waals surface area contributed by atoms with Crippen molar-refractivity contribution < 1.29 is 13.2 Å². The summed E-state index contributed by atoms with van der Waals surface area (Å²) >= 11 is 6.28. The highest BCUT2D eigenvalue weighted by molar-refractivity contribution is 7.91. The molecule has 0 fully saturated rings. The lowest BCUT2D eigenvalue weighted by atomic mass is 10.1. The molecule has 0 aliphatic heterocycles. The average Bonchev–Trinajstić information content (AvgIpc) is 2.61. The Morgan fingerprint density at radius 1 is 1.00 bits per heavy atom. The Balaban J connectivity index is 2.10. The third kappa shape index (κ3) is 4.00. The molecule has 0 radical (unpaired) electrons. The quantitative estimate of drug-likeness (QED) is 0.665. The van der Waals surface area contributed by atoms with E-state index in [4.69, 9.17) is 16.3 Å². The summed E-state index contributed by atoms with van der Waals surface area (Å²) in [5.74, 6) is 0.0506. The second-order valence-corrected chi connectivity index (χ2v) is 7.89. The van der Waals surface area contributed by atoms with Gasteiger partial charge in [0.2, 0.25) is 5.88 Å². The topological polar surface area (TPSA) is 56.3 Å². The van der Waals surface area contributed by atoms with Crippen molar-refractivity contribution in [2.75, 3.05) is 6.26 Å².